The minimum Gasteiger partial charge on any atom is -0.333 e. The summed E-state index contributed by atoms with van der Waals surface area (Å²) in [4.78, 5) is 4.10. The van der Waals surface area contributed by atoms with E-state index in [0.717, 1.165) is 30.8 Å². The molecule has 0 aliphatic rings. The quantitative estimate of drug-likeness (QED) is 0.793. The Kier molecular flexibility index (Phi) is 4.98. The van der Waals surface area contributed by atoms with E-state index in [9.17, 15) is 4.21 Å². The molecule has 0 radical (unpaired) electrons. The highest BCUT2D eigenvalue weighted by molar-refractivity contribution is 7.84. The summed E-state index contributed by atoms with van der Waals surface area (Å²) in [5.41, 5.74) is 7.02. The fraction of sp³-hybridized carbons (Fsp3) is 0.700. The predicted molar refractivity (Wildman–Crippen MR) is 63.0 cm³/mol. The van der Waals surface area contributed by atoms with Crippen molar-refractivity contribution in [3.05, 3.63) is 18.2 Å². The number of hydrogen-bond acceptors (Lipinski definition) is 3. The summed E-state index contributed by atoms with van der Waals surface area (Å²) in [6.07, 6.45) is 7.15. The van der Waals surface area contributed by atoms with Gasteiger partial charge in [-0.05, 0) is 12.8 Å². The second-order valence-electron chi connectivity index (χ2n) is 3.66. The standard InChI is InChI=1S/C10H19N3OS/c1-3-9(11)10-7-12-8-13(10)5-4-6-15(2)14/h7-9H,3-6,11H2,1-2H3/t9-,15?/m1/s1. The van der Waals surface area contributed by atoms with E-state index < -0.39 is 10.8 Å². The molecule has 0 bridgehead atoms. The van der Waals surface area contributed by atoms with Crippen LogP contribution in [0.2, 0.25) is 0 Å². The van der Waals surface area contributed by atoms with E-state index in [1.807, 2.05) is 6.20 Å². The lowest BCUT2D eigenvalue weighted by molar-refractivity contribution is 0.582. The van der Waals surface area contributed by atoms with Crippen LogP contribution in [0.1, 0.15) is 31.5 Å². The van der Waals surface area contributed by atoms with Crippen molar-refractivity contribution in [3.8, 4) is 0 Å². The van der Waals surface area contributed by atoms with Gasteiger partial charge in [-0.15, -0.1) is 0 Å². The van der Waals surface area contributed by atoms with Crippen LogP contribution in [0.5, 0.6) is 0 Å². The van der Waals surface area contributed by atoms with Crippen LogP contribution in [-0.4, -0.2) is 25.8 Å². The Bertz CT molecular complexity index is 324. The van der Waals surface area contributed by atoms with Gasteiger partial charge in [0.1, 0.15) is 0 Å². The van der Waals surface area contributed by atoms with Crippen LogP contribution >= 0.6 is 0 Å². The molecule has 4 nitrogen and oxygen atoms in total. The third kappa shape index (κ3) is 3.76. The van der Waals surface area contributed by atoms with Gasteiger partial charge in [0, 0.05) is 41.6 Å². The van der Waals surface area contributed by atoms with Crippen LogP contribution in [0.15, 0.2) is 12.5 Å². The predicted octanol–water partition coefficient (Wildman–Crippen LogP) is 1.06. The van der Waals surface area contributed by atoms with Crippen LogP contribution in [0.3, 0.4) is 0 Å². The fourth-order valence-corrected chi connectivity index (χ4v) is 2.01. The molecule has 1 rings (SSSR count). The zero-order valence-electron chi connectivity index (χ0n) is 9.35. The molecule has 2 N–H and O–H groups in total. The van der Waals surface area contributed by atoms with Crippen LogP contribution in [0, 0.1) is 0 Å². The Morgan fingerprint density at radius 3 is 3.00 bits per heavy atom. The van der Waals surface area contributed by atoms with Crippen LogP contribution in [-0.2, 0) is 17.3 Å². The Labute approximate surface area is 93.3 Å². The first kappa shape index (κ1) is 12.4. The van der Waals surface area contributed by atoms with Gasteiger partial charge >= 0.3 is 0 Å². The largest absolute Gasteiger partial charge is 0.333 e. The molecular weight excluding hydrogens is 210 g/mol. The number of imidazole rings is 1. The average molecular weight is 229 g/mol. The van der Waals surface area contributed by atoms with Gasteiger partial charge in [0.05, 0.1) is 12.0 Å². The molecule has 0 amide bonds. The minimum absolute atomic E-state index is 0.0552. The summed E-state index contributed by atoms with van der Waals surface area (Å²) in [5, 5.41) is 0. The van der Waals surface area contributed by atoms with Crippen LogP contribution in [0.4, 0.5) is 0 Å². The van der Waals surface area contributed by atoms with Gasteiger partial charge in [-0.25, -0.2) is 4.98 Å². The highest BCUT2D eigenvalue weighted by Gasteiger charge is 2.08. The topological polar surface area (TPSA) is 60.9 Å². The zero-order valence-corrected chi connectivity index (χ0v) is 10.2. The summed E-state index contributed by atoms with van der Waals surface area (Å²) in [6.45, 7) is 2.91. The van der Waals surface area contributed by atoms with Gasteiger partial charge < -0.3 is 10.3 Å². The van der Waals surface area contributed by atoms with Crippen molar-refractivity contribution >= 4 is 10.8 Å². The Balaban J connectivity index is 2.53. The molecule has 1 aromatic heterocycles. The van der Waals surface area contributed by atoms with Gasteiger partial charge in [0.25, 0.3) is 0 Å². The smallest absolute Gasteiger partial charge is 0.0948 e. The van der Waals surface area contributed by atoms with Gasteiger partial charge in [0.2, 0.25) is 0 Å². The van der Waals surface area contributed by atoms with Gasteiger partial charge in [-0.1, -0.05) is 6.92 Å². The summed E-state index contributed by atoms with van der Waals surface area (Å²) in [7, 11) is -0.711. The molecule has 15 heavy (non-hydrogen) atoms. The molecule has 0 fully saturated rings. The molecule has 0 aliphatic heterocycles. The lowest BCUT2D eigenvalue weighted by Crippen LogP contribution is -2.15. The molecule has 86 valence electrons. The zero-order chi connectivity index (χ0) is 11.3. The normalized spacial score (nSPS) is 15.1. The first-order valence-corrected chi connectivity index (χ1v) is 6.93. The summed E-state index contributed by atoms with van der Waals surface area (Å²) >= 11 is 0. The van der Waals surface area contributed by atoms with E-state index in [0.29, 0.717) is 0 Å². The maximum atomic E-state index is 10.9. The Morgan fingerprint density at radius 1 is 1.67 bits per heavy atom. The molecule has 0 saturated carbocycles. The summed E-state index contributed by atoms with van der Waals surface area (Å²) < 4.78 is 13.0. The molecule has 1 aromatic rings. The average Bonchev–Trinajstić information content (AvgIpc) is 2.64. The molecule has 0 saturated heterocycles. The Morgan fingerprint density at radius 2 is 2.40 bits per heavy atom. The SMILES string of the molecule is CC[C@@H](N)c1cncn1CCCS(C)=O. The van der Waals surface area contributed by atoms with Crippen molar-refractivity contribution in [1.29, 1.82) is 0 Å². The number of nitrogens with two attached hydrogens (primary N) is 1. The van der Waals surface area contributed by atoms with Crippen LogP contribution < -0.4 is 5.73 Å². The monoisotopic (exact) mass is 229 g/mol. The maximum absolute atomic E-state index is 10.9. The van der Waals surface area contributed by atoms with Gasteiger partial charge in [-0.2, -0.15) is 0 Å². The van der Waals surface area contributed by atoms with E-state index in [1.165, 1.54) is 0 Å². The molecule has 0 aromatic carbocycles. The first-order chi connectivity index (χ1) is 7.15. The van der Waals surface area contributed by atoms with E-state index in [-0.39, 0.29) is 6.04 Å². The van der Waals surface area contributed by atoms with Crippen molar-refractivity contribution in [2.45, 2.75) is 32.4 Å². The van der Waals surface area contributed by atoms with E-state index >= 15 is 0 Å². The highest BCUT2D eigenvalue weighted by Crippen LogP contribution is 2.13. The summed E-state index contributed by atoms with van der Waals surface area (Å²) in [6, 6.07) is 0.0552. The fourth-order valence-electron chi connectivity index (χ4n) is 1.47. The molecule has 0 aliphatic carbocycles. The van der Waals surface area contributed by atoms with Crippen LogP contribution in [0.25, 0.3) is 0 Å². The summed E-state index contributed by atoms with van der Waals surface area (Å²) in [5.74, 6) is 0.735. The number of aryl methyl sites for hydroxylation is 1. The molecule has 1 unspecified atom stereocenters. The molecule has 0 spiro atoms. The van der Waals surface area contributed by atoms with E-state index in [4.69, 9.17) is 5.73 Å². The second kappa shape index (κ2) is 6.02. The maximum Gasteiger partial charge on any atom is 0.0948 e. The Hall–Kier alpha value is -0.680. The lowest BCUT2D eigenvalue weighted by atomic mass is 10.2. The second-order valence-corrected chi connectivity index (χ2v) is 5.21. The molecular formula is C10H19N3OS. The van der Waals surface area contributed by atoms with Crippen molar-refractivity contribution < 1.29 is 4.21 Å². The number of rotatable bonds is 6. The molecule has 2 atom stereocenters. The first-order valence-electron chi connectivity index (χ1n) is 5.20. The van der Waals surface area contributed by atoms with Crippen molar-refractivity contribution in [3.63, 3.8) is 0 Å². The van der Waals surface area contributed by atoms with E-state index in [2.05, 4.69) is 16.5 Å². The van der Waals surface area contributed by atoms with Gasteiger partial charge in [0.15, 0.2) is 0 Å². The third-order valence-corrected chi connectivity index (χ3v) is 3.26. The van der Waals surface area contributed by atoms with Crippen molar-refractivity contribution in [2.75, 3.05) is 12.0 Å². The third-order valence-electron chi connectivity index (χ3n) is 2.40. The molecule has 1 heterocycles. The van der Waals surface area contributed by atoms with E-state index in [1.54, 1.807) is 12.6 Å². The number of hydrogen-bond donors (Lipinski definition) is 1. The van der Waals surface area contributed by atoms with Gasteiger partial charge in [-0.3, -0.25) is 4.21 Å². The van der Waals surface area contributed by atoms with Crippen molar-refractivity contribution in [1.82, 2.24) is 9.55 Å². The highest BCUT2D eigenvalue weighted by atomic mass is 32.2. The lowest BCUT2D eigenvalue weighted by Gasteiger charge is -2.12. The minimum atomic E-state index is -0.711. The van der Waals surface area contributed by atoms with Crippen molar-refractivity contribution in [2.24, 2.45) is 5.73 Å². The number of aromatic nitrogens is 2. The molecule has 5 heteroatoms. The number of nitrogens with zero attached hydrogens (tertiary/aromatic N) is 2.